The maximum Gasteiger partial charge on any atom is 0.442 e. The second-order valence-electron chi connectivity index (χ2n) is 5.97. The predicted molar refractivity (Wildman–Crippen MR) is 110 cm³/mol. The second-order valence-corrected chi connectivity index (χ2v) is 7.46. The van der Waals surface area contributed by atoms with Gasteiger partial charge in [-0.15, -0.1) is 0 Å². The first-order chi connectivity index (χ1) is 14.4. The number of ether oxygens (including phenoxy) is 1. The van der Waals surface area contributed by atoms with Gasteiger partial charge in [0.05, 0.1) is 23.4 Å². The molecule has 0 atom stereocenters. The van der Waals surface area contributed by atoms with Crippen molar-refractivity contribution in [3.8, 4) is 11.4 Å². The Kier molecular flexibility index (Phi) is 6.80. The van der Waals surface area contributed by atoms with Crippen molar-refractivity contribution in [2.24, 2.45) is 0 Å². The van der Waals surface area contributed by atoms with E-state index < -0.39 is 11.6 Å². The highest BCUT2D eigenvalue weighted by Crippen LogP contribution is 2.23. The Morgan fingerprint density at radius 2 is 2.00 bits per heavy atom. The molecule has 1 amide bonds. The van der Waals surface area contributed by atoms with Gasteiger partial charge in [-0.3, -0.25) is 9.32 Å². The molecule has 0 fully saturated rings. The van der Waals surface area contributed by atoms with Crippen molar-refractivity contribution in [2.45, 2.75) is 11.4 Å². The van der Waals surface area contributed by atoms with Gasteiger partial charge in [-0.05, 0) is 52.0 Å². The van der Waals surface area contributed by atoms with E-state index in [4.69, 9.17) is 26.0 Å². The standard InChI is InChI=1S/C19H16ClN3O6S/c1-28-13-5-3-12(4-6-13)23-17(19(27)29-22-23)30-9-8-16(24)21-15-10-11(18(25)26)2-7-14(15)20/h2-7,10H,8-9H2,1H3,(H2-,21,22,24,25,26,27)/p+1. The first-order valence-electron chi connectivity index (χ1n) is 8.62. The van der Waals surface area contributed by atoms with Crippen molar-refractivity contribution in [2.75, 3.05) is 18.2 Å². The molecular weight excluding hydrogens is 434 g/mol. The molecule has 0 saturated carbocycles. The first-order valence-corrected chi connectivity index (χ1v) is 9.99. The van der Waals surface area contributed by atoms with Gasteiger partial charge in [0.15, 0.2) is 0 Å². The molecule has 1 heterocycles. The first kappa shape index (κ1) is 21.5. The number of aromatic amines is 1. The molecule has 0 aliphatic carbocycles. The number of amides is 1. The number of aromatic nitrogens is 2. The van der Waals surface area contributed by atoms with Crippen molar-refractivity contribution in [3.63, 3.8) is 0 Å². The van der Waals surface area contributed by atoms with Gasteiger partial charge in [-0.1, -0.05) is 11.6 Å². The summed E-state index contributed by atoms with van der Waals surface area (Å²) in [5, 5.41) is 14.7. The summed E-state index contributed by atoms with van der Waals surface area (Å²) in [6.45, 7) is 0. The van der Waals surface area contributed by atoms with Crippen LogP contribution in [0.25, 0.3) is 5.69 Å². The van der Waals surface area contributed by atoms with Crippen LogP contribution in [-0.4, -0.2) is 35.1 Å². The summed E-state index contributed by atoms with van der Waals surface area (Å²) in [7, 11) is 1.55. The van der Waals surface area contributed by atoms with Crippen LogP contribution in [0.4, 0.5) is 5.69 Å². The highest BCUT2D eigenvalue weighted by Gasteiger charge is 2.24. The van der Waals surface area contributed by atoms with Gasteiger partial charge in [0.25, 0.3) is 0 Å². The lowest BCUT2D eigenvalue weighted by Gasteiger charge is -2.07. The number of nitrogens with zero attached hydrogens (tertiary/aromatic N) is 1. The Morgan fingerprint density at radius 3 is 2.67 bits per heavy atom. The Bertz CT molecular complexity index is 1130. The van der Waals surface area contributed by atoms with Crippen LogP contribution in [0.1, 0.15) is 16.8 Å². The molecule has 3 N–H and O–H groups in total. The van der Waals surface area contributed by atoms with E-state index in [9.17, 15) is 14.4 Å². The summed E-state index contributed by atoms with van der Waals surface area (Å²) in [5.41, 5.74) is 0.315. The van der Waals surface area contributed by atoms with Gasteiger partial charge in [-0.25, -0.2) is 9.59 Å². The number of carbonyl (C=O) groups is 2. The highest BCUT2D eigenvalue weighted by molar-refractivity contribution is 7.99. The third-order valence-electron chi connectivity index (χ3n) is 3.99. The number of methoxy groups -OCH3 is 1. The number of H-pyrrole nitrogens is 1. The number of carboxylic acids is 1. The minimum atomic E-state index is -1.13. The zero-order valence-electron chi connectivity index (χ0n) is 15.7. The highest BCUT2D eigenvalue weighted by atomic mass is 35.5. The molecular formula is C19H17ClN3O6S+. The van der Waals surface area contributed by atoms with E-state index in [1.165, 1.54) is 22.9 Å². The lowest BCUT2D eigenvalue weighted by molar-refractivity contribution is -0.704. The number of thioether (sulfide) groups is 1. The second kappa shape index (κ2) is 9.51. The van der Waals surface area contributed by atoms with Gasteiger partial charge in [-0.2, -0.15) is 0 Å². The lowest BCUT2D eigenvalue weighted by atomic mass is 10.2. The zero-order chi connectivity index (χ0) is 21.7. The number of benzene rings is 2. The van der Waals surface area contributed by atoms with Crippen LogP contribution in [-0.2, 0) is 4.79 Å². The molecule has 0 saturated heterocycles. The average Bonchev–Trinajstić information content (AvgIpc) is 3.10. The summed E-state index contributed by atoms with van der Waals surface area (Å²) in [6, 6.07) is 11.0. The Morgan fingerprint density at radius 1 is 1.27 bits per heavy atom. The molecule has 0 spiro atoms. The Hall–Kier alpha value is -3.24. The summed E-state index contributed by atoms with van der Waals surface area (Å²) >= 11 is 7.15. The van der Waals surface area contributed by atoms with Gasteiger partial charge in [0, 0.05) is 24.3 Å². The number of carbonyl (C=O) groups excluding carboxylic acids is 1. The topological polar surface area (TPSA) is 126 Å². The lowest BCUT2D eigenvalue weighted by Crippen LogP contribution is -2.36. The van der Waals surface area contributed by atoms with Gasteiger partial charge >= 0.3 is 16.6 Å². The van der Waals surface area contributed by atoms with Crippen molar-refractivity contribution in [1.82, 2.24) is 5.27 Å². The number of anilines is 1. The van der Waals surface area contributed by atoms with Gasteiger partial charge in [0.2, 0.25) is 11.6 Å². The number of nitrogens with one attached hydrogen (secondary N) is 2. The summed E-state index contributed by atoms with van der Waals surface area (Å²) < 4.78 is 11.5. The normalized spacial score (nSPS) is 10.6. The number of rotatable bonds is 8. The van der Waals surface area contributed by atoms with E-state index in [1.54, 1.807) is 31.4 Å². The number of hydrogen-bond donors (Lipinski definition) is 3. The molecule has 0 aliphatic rings. The van der Waals surface area contributed by atoms with Crippen LogP contribution in [0, 0.1) is 0 Å². The fourth-order valence-electron chi connectivity index (χ4n) is 2.50. The van der Waals surface area contributed by atoms with Gasteiger partial charge < -0.3 is 15.2 Å². The molecule has 1 aromatic heterocycles. The SMILES string of the molecule is COc1ccc(-[n+]2[nH]oc(=O)c2SCCC(=O)Nc2cc(C(=O)O)ccc2Cl)cc1. The molecule has 2 aromatic carbocycles. The monoisotopic (exact) mass is 450 g/mol. The van der Waals surface area contributed by atoms with E-state index >= 15 is 0 Å². The molecule has 0 unspecified atom stereocenters. The summed E-state index contributed by atoms with van der Waals surface area (Å²) in [6.07, 6.45) is 0.0610. The fraction of sp³-hybridized carbons (Fsp3) is 0.158. The van der Waals surface area contributed by atoms with E-state index in [-0.39, 0.29) is 39.4 Å². The van der Waals surface area contributed by atoms with Gasteiger partial charge in [0.1, 0.15) is 5.75 Å². The predicted octanol–water partition coefficient (Wildman–Crippen LogP) is 2.73. The molecule has 11 heteroatoms. The number of carboxylic acid groups (broad SMARTS) is 1. The zero-order valence-corrected chi connectivity index (χ0v) is 17.2. The van der Waals surface area contributed by atoms with E-state index in [0.29, 0.717) is 11.4 Å². The van der Waals surface area contributed by atoms with Crippen LogP contribution in [0.15, 0.2) is 56.8 Å². The van der Waals surface area contributed by atoms with Crippen molar-refractivity contribution >= 4 is 40.9 Å². The molecule has 0 radical (unpaired) electrons. The average molecular weight is 451 g/mol. The van der Waals surface area contributed by atoms with Crippen LogP contribution in [0.2, 0.25) is 5.02 Å². The number of halogens is 1. The van der Waals surface area contributed by atoms with Crippen molar-refractivity contribution in [1.29, 1.82) is 0 Å². The van der Waals surface area contributed by atoms with Crippen molar-refractivity contribution in [3.05, 3.63) is 63.5 Å². The smallest absolute Gasteiger partial charge is 0.442 e. The van der Waals surface area contributed by atoms with Crippen LogP contribution in [0.3, 0.4) is 0 Å². The van der Waals surface area contributed by atoms with E-state index in [2.05, 4.69) is 10.6 Å². The maximum absolute atomic E-state index is 12.2. The maximum atomic E-state index is 12.2. The van der Waals surface area contributed by atoms with Crippen LogP contribution < -0.4 is 20.4 Å². The largest absolute Gasteiger partial charge is 0.497 e. The number of aromatic carboxylic acids is 1. The van der Waals surface area contributed by atoms with E-state index in [1.807, 2.05) is 0 Å². The summed E-state index contributed by atoms with van der Waals surface area (Å²) in [5.74, 6) is -0.551. The molecule has 30 heavy (non-hydrogen) atoms. The fourth-order valence-corrected chi connectivity index (χ4v) is 3.57. The third-order valence-corrected chi connectivity index (χ3v) is 5.35. The number of hydrogen-bond acceptors (Lipinski definition) is 6. The molecule has 3 aromatic rings. The molecule has 9 nitrogen and oxygen atoms in total. The minimum Gasteiger partial charge on any atom is -0.497 e. The quantitative estimate of drug-likeness (QED) is 0.356. The molecule has 156 valence electrons. The van der Waals surface area contributed by atoms with Crippen LogP contribution in [0.5, 0.6) is 5.75 Å². The molecule has 0 aliphatic heterocycles. The minimum absolute atomic E-state index is 0.00883. The summed E-state index contributed by atoms with van der Waals surface area (Å²) in [4.78, 5) is 35.3. The molecule has 0 bridgehead atoms. The Labute approximate surface area is 179 Å². The molecule has 3 rings (SSSR count). The van der Waals surface area contributed by atoms with Crippen LogP contribution >= 0.6 is 23.4 Å². The van der Waals surface area contributed by atoms with Crippen molar-refractivity contribution < 1.29 is 28.6 Å². The van der Waals surface area contributed by atoms with E-state index in [0.717, 1.165) is 11.8 Å². The third kappa shape index (κ3) is 5.02. The Balaban J connectivity index is 1.64.